The number of nitrogens with zero attached hydrogens (tertiary/aromatic N) is 2. The summed E-state index contributed by atoms with van der Waals surface area (Å²) in [5, 5.41) is 8.11. The Hall–Kier alpha value is -0.760. The minimum absolute atomic E-state index is 0.171. The molecule has 0 amide bonds. The van der Waals surface area contributed by atoms with Gasteiger partial charge in [0.25, 0.3) is 0 Å². The van der Waals surface area contributed by atoms with Gasteiger partial charge in [0.1, 0.15) is 0 Å². The zero-order chi connectivity index (χ0) is 8.91. The van der Waals surface area contributed by atoms with Gasteiger partial charge >= 0.3 is 6.18 Å². The van der Waals surface area contributed by atoms with E-state index in [4.69, 9.17) is 5.26 Å². The Balaban J connectivity index is 3.80. The number of alkyl halides is 3. The van der Waals surface area contributed by atoms with Gasteiger partial charge in [0.15, 0.2) is 0 Å². The van der Waals surface area contributed by atoms with Crippen molar-refractivity contribution < 1.29 is 13.2 Å². The second-order valence-corrected chi connectivity index (χ2v) is 2.08. The number of nitriles is 1. The summed E-state index contributed by atoms with van der Waals surface area (Å²) in [5.41, 5.74) is 0. The van der Waals surface area contributed by atoms with Crippen LogP contribution in [0.15, 0.2) is 0 Å². The van der Waals surface area contributed by atoms with Gasteiger partial charge in [0.05, 0.1) is 19.2 Å². The number of hydrogen-bond donors (Lipinski definition) is 0. The normalized spacial score (nSPS) is 11.6. The molecule has 0 aromatic heterocycles. The highest BCUT2D eigenvalue weighted by atomic mass is 19.4. The number of halogens is 3. The van der Waals surface area contributed by atoms with Gasteiger partial charge in [-0.3, -0.25) is 4.90 Å². The minimum atomic E-state index is -4.20. The SMILES string of the molecule is CCN(CC#N)CC(F)(F)F. The van der Waals surface area contributed by atoms with Crippen molar-refractivity contribution in [2.24, 2.45) is 0 Å². The fourth-order valence-corrected chi connectivity index (χ4v) is 0.633. The Morgan fingerprint density at radius 1 is 1.45 bits per heavy atom. The zero-order valence-electron chi connectivity index (χ0n) is 6.15. The van der Waals surface area contributed by atoms with Crippen molar-refractivity contribution in [1.82, 2.24) is 4.90 Å². The maximum absolute atomic E-state index is 11.7. The summed E-state index contributed by atoms with van der Waals surface area (Å²) in [7, 11) is 0. The molecule has 2 nitrogen and oxygen atoms in total. The lowest BCUT2D eigenvalue weighted by Gasteiger charge is -2.17. The Kier molecular flexibility index (Phi) is 3.90. The Labute approximate surface area is 63.2 Å². The maximum atomic E-state index is 11.7. The standard InChI is InChI=1S/C6H9F3N2/c1-2-11(4-3-10)5-6(7,8)9/h2,4-5H2,1H3. The van der Waals surface area contributed by atoms with Crippen LogP contribution in [0, 0.1) is 11.3 Å². The molecular formula is C6H9F3N2. The fourth-order valence-electron chi connectivity index (χ4n) is 0.633. The molecule has 0 unspecified atom stereocenters. The third-order valence-corrected chi connectivity index (χ3v) is 1.14. The molecule has 0 aliphatic heterocycles. The van der Waals surface area contributed by atoms with Gasteiger partial charge in [0, 0.05) is 0 Å². The summed E-state index contributed by atoms with van der Waals surface area (Å²) in [6.07, 6.45) is -4.20. The van der Waals surface area contributed by atoms with Gasteiger partial charge in [-0.1, -0.05) is 6.92 Å². The van der Waals surface area contributed by atoms with Gasteiger partial charge < -0.3 is 0 Å². The van der Waals surface area contributed by atoms with Gasteiger partial charge in [-0.05, 0) is 6.54 Å². The molecule has 0 saturated carbocycles. The lowest BCUT2D eigenvalue weighted by Crippen LogP contribution is -2.34. The van der Waals surface area contributed by atoms with E-state index in [1.165, 1.54) is 0 Å². The van der Waals surface area contributed by atoms with E-state index in [0.29, 0.717) is 0 Å². The van der Waals surface area contributed by atoms with Gasteiger partial charge in [0.2, 0.25) is 0 Å². The van der Waals surface area contributed by atoms with Gasteiger partial charge in [-0.2, -0.15) is 18.4 Å². The van der Waals surface area contributed by atoms with Crippen LogP contribution in [-0.2, 0) is 0 Å². The van der Waals surface area contributed by atoms with Crippen molar-refractivity contribution in [3.05, 3.63) is 0 Å². The number of rotatable bonds is 3. The summed E-state index contributed by atoms with van der Waals surface area (Å²) in [6, 6.07) is 1.67. The van der Waals surface area contributed by atoms with E-state index < -0.39 is 12.7 Å². The van der Waals surface area contributed by atoms with Crippen LogP contribution in [0.3, 0.4) is 0 Å². The first-order valence-corrected chi connectivity index (χ1v) is 3.15. The van der Waals surface area contributed by atoms with Crippen LogP contribution in [-0.4, -0.2) is 30.7 Å². The molecule has 0 spiro atoms. The summed E-state index contributed by atoms with van der Waals surface area (Å²) in [6.45, 7) is 0.656. The molecule has 0 atom stereocenters. The fraction of sp³-hybridized carbons (Fsp3) is 0.833. The van der Waals surface area contributed by atoms with Crippen molar-refractivity contribution >= 4 is 0 Å². The molecule has 0 aliphatic carbocycles. The largest absolute Gasteiger partial charge is 0.401 e. The van der Waals surface area contributed by atoms with E-state index in [-0.39, 0.29) is 13.1 Å². The third-order valence-electron chi connectivity index (χ3n) is 1.14. The van der Waals surface area contributed by atoms with E-state index in [2.05, 4.69) is 0 Å². The minimum Gasteiger partial charge on any atom is -0.282 e. The summed E-state index contributed by atoms with van der Waals surface area (Å²) >= 11 is 0. The van der Waals surface area contributed by atoms with E-state index in [9.17, 15) is 13.2 Å². The Bertz CT molecular complexity index is 147. The molecule has 0 rings (SSSR count). The molecule has 0 saturated heterocycles. The Morgan fingerprint density at radius 2 is 2.00 bits per heavy atom. The highest BCUT2D eigenvalue weighted by molar-refractivity contribution is 4.76. The van der Waals surface area contributed by atoms with Crippen LogP contribution in [0.5, 0.6) is 0 Å². The first-order chi connectivity index (χ1) is 4.99. The average molecular weight is 166 g/mol. The zero-order valence-corrected chi connectivity index (χ0v) is 6.15. The van der Waals surface area contributed by atoms with Crippen molar-refractivity contribution in [3.8, 4) is 6.07 Å². The van der Waals surface area contributed by atoms with Crippen LogP contribution in [0.2, 0.25) is 0 Å². The molecule has 0 bridgehead atoms. The molecule has 11 heavy (non-hydrogen) atoms. The predicted octanol–water partition coefficient (Wildman–Crippen LogP) is 1.39. The van der Waals surface area contributed by atoms with Gasteiger partial charge in [-0.25, -0.2) is 0 Å². The lowest BCUT2D eigenvalue weighted by molar-refractivity contribution is -0.144. The van der Waals surface area contributed by atoms with Crippen LogP contribution < -0.4 is 0 Å². The molecule has 64 valence electrons. The molecule has 0 heterocycles. The van der Waals surface area contributed by atoms with E-state index in [1.807, 2.05) is 0 Å². The van der Waals surface area contributed by atoms with Crippen molar-refractivity contribution in [1.29, 1.82) is 5.26 Å². The molecule has 0 N–H and O–H groups in total. The first-order valence-electron chi connectivity index (χ1n) is 3.15. The topological polar surface area (TPSA) is 27.0 Å². The quantitative estimate of drug-likeness (QED) is 0.592. The van der Waals surface area contributed by atoms with Crippen LogP contribution in [0.4, 0.5) is 13.2 Å². The van der Waals surface area contributed by atoms with E-state index in [1.54, 1.807) is 13.0 Å². The molecule has 0 aromatic carbocycles. The van der Waals surface area contributed by atoms with E-state index in [0.717, 1.165) is 4.90 Å². The molecular weight excluding hydrogens is 157 g/mol. The Morgan fingerprint density at radius 3 is 2.27 bits per heavy atom. The molecule has 0 aliphatic rings. The first kappa shape index (κ1) is 10.2. The summed E-state index contributed by atoms with van der Waals surface area (Å²) in [5.74, 6) is 0. The average Bonchev–Trinajstić information content (AvgIpc) is 1.84. The summed E-state index contributed by atoms with van der Waals surface area (Å²) in [4.78, 5) is 1.03. The van der Waals surface area contributed by atoms with E-state index >= 15 is 0 Å². The molecule has 0 aromatic rings. The lowest BCUT2D eigenvalue weighted by atomic mass is 10.4. The van der Waals surface area contributed by atoms with Crippen molar-refractivity contribution in [2.75, 3.05) is 19.6 Å². The summed E-state index contributed by atoms with van der Waals surface area (Å²) < 4.78 is 35.0. The number of hydrogen-bond acceptors (Lipinski definition) is 2. The van der Waals surface area contributed by atoms with Crippen LogP contribution in [0.1, 0.15) is 6.92 Å². The smallest absolute Gasteiger partial charge is 0.282 e. The third kappa shape index (κ3) is 5.67. The highest BCUT2D eigenvalue weighted by Crippen LogP contribution is 2.15. The highest BCUT2D eigenvalue weighted by Gasteiger charge is 2.29. The predicted molar refractivity (Wildman–Crippen MR) is 33.8 cm³/mol. The second-order valence-electron chi connectivity index (χ2n) is 2.08. The van der Waals surface area contributed by atoms with Crippen LogP contribution in [0.25, 0.3) is 0 Å². The van der Waals surface area contributed by atoms with Crippen molar-refractivity contribution in [3.63, 3.8) is 0 Å². The maximum Gasteiger partial charge on any atom is 0.401 e. The second kappa shape index (κ2) is 4.19. The molecule has 0 radical (unpaired) electrons. The van der Waals surface area contributed by atoms with Crippen molar-refractivity contribution in [2.45, 2.75) is 13.1 Å². The van der Waals surface area contributed by atoms with Crippen LogP contribution >= 0.6 is 0 Å². The monoisotopic (exact) mass is 166 g/mol. The molecule has 0 fully saturated rings. The molecule has 5 heteroatoms. The van der Waals surface area contributed by atoms with Gasteiger partial charge in [-0.15, -0.1) is 0 Å².